The molecule has 1 atom stereocenters. The largest absolute Gasteiger partial charge is 0.351 e. The second-order valence-corrected chi connectivity index (χ2v) is 8.24. The van der Waals surface area contributed by atoms with Gasteiger partial charge in [0, 0.05) is 5.03 Å². The third kappa shape index (κ3) is 5.75. The number of hydrogen-bond acceptors (Lipinski definition) is 4. The molecule has 0 aliphatic rings. The summed E-state index contributed by atoms with van der Waals surface area (Å²) in [5, 5.41) is 1.23. The molecule has 0 aliphatic heterocycles. The first-order chi connectivity index (χ1) is 10.7. The van der Waals surface area contributed by atoms with Crippen molar-refractivity contribution < 1.29 is 13.6 Å². The summed E-state index contributed by atoms with van der Waals surface area (Å²) in [6, 6.07) is 5.05. The maximum Gasteiger partial charge on any atom is 0.351 e. The Morgan fingerprint density at radius 2 is 1.78 bits per heavy atom. The molecule has 1 rings (SSSR count). The Bertz CT molecular complexity index is 598. The number of hydrogen-bond donors (Lipinski definition) is 0. The lowest BCUT2D eigenvalue weighted by atomic mass is 10.2. The highest BCUT2D eigenvalue weighted by atomic mass is 35.5. The summed E-state index contributed by atoms with van der Waals surface area (Å²) in [4.78, 5) is 1.74. The molecule has 1 aromatic rings. The van der Waals surface area contributed by atoms with Crippen LogP contribution in [0.2, 0.25) is 10.0 Å². The normalized spacial score (nSPS) is 14.3. The summed E-state index contributed by atoms with van der Waals surface area (Å²) < 4.78 is 23.8. The topological polar surface area (TPSA) is 38.8 Å². The molecule has 0 aromatic heterocycles. The van der Waals surface area contributed by atoms with E-state index in [1.54, 1.807) is 57.1 Å². The van der Waals surface area contributed by atoms with Crippen molar-refractivity contribution in [1.82, 2.24) is 4.90 Å². The van der Waals surface area contributed by atoms with E-state index < -0.39 is 13.4 Å². The van der Waals surface area contributed by atoms with Crippen LogP contribution in [-0.4, -0.2) is 38.0 Å². The van der Waals surface area contributed by atoms with Crippen LogP contribution < -0.4 is 0 Å². The van der Waals surface area contributed by atoms with Crippen LogP contribution in [0.4, 0.5) is 0 Å². The number of halogens is 3. The Morgan fingerprint density at radius 3 is 2.22 bits per heavy atom. The Kier molecular flexibility index (Phi) is 8.60. The van der Waals surface area contributed by atoms with Gasteiger partial charge in [0.1, 0.15) is 5.78 Å². The third-order valence-corrected chi connectivity index (χ3v) is 6.54. The Morgan fingerprint density at radius 1 is 1.22 bits per heavy atom. The summed E-state index contributed by atoms with van der Waals surface area (Å²) >= 11 is 18.3. The highest BCUT2D eigenvalue weighted by Gasteiger charge is 2.36. The molecule has 0 radical (unpaired) electrons. The van der Waals surface area contributed by atoms with Crippen molar-refractivity contribution in [3.8, 4) is 0 Å². The molecule has 0 saturated carbocycles. The SMILES string of the molecule is CCOP(=O)(OCC)[C@H](/C=C(\Cl)c1ccc(Cl)c(Cl)c1)N(C)C. The lowest BCUT2D eigenvalue weighted by Crippen LogP contribution is -2.28. The summed E-state index contributed by atoms with van der Waals surface area (Å²) in [5.41, 5.74) is 0.674. The minimum atomic E-state index is -3.38. The molecule has 0 aliphatic carbocycles. The molecule has 0 saturated heterocycles. The van der Waals surface area contributed by atoms with Gasteiger partial charge in [-0.3, -0.25) is 9.46 Å². The van der Waals surface area contributed by atoms with Crippen LogP contribution in [0, 0.1) is 0 Å². The Balaban J connectivity index is 3.23. The van der Waals surface area contributed by atoms with E-state index >= 15 is 0 Å². The van der Waals surface area contributed by atoms with Gasteiger partial charge in [-0.2, -0.15) is 0 Å². The van der Waals surface area contributed by atoms with E-state index in [9.17, 15) is 4.57 Å². The van der Waals surface area contributed by atoms with E-state index in [0.717, 1.165) is 0 Å². The van der Waals surface area contributed by atoms with E-state index in [-0.39, 0.29) is 13.2 Å². The highest BCUT2D eigenvalue weighted by Crippen LogP contribution is 2.54. The molecule has 0 heterocycles. The van der Waals surface area contributed by atoms with Crippen molar-refractivity contribution in [2.24, 2.45) is 0 Å². The molecule has 0 spiro atoms. The van der Waals surface area contributed by atoms with E-state index in [4.69, 9.17) is 43.9 Å². The van der Waals surface area contributed by atoms with Crippen LogP contribution in [0.1, 0.15) is 19.4 Å². The quantitative estimate of drug-likeness (QED) is 0.523. The van der Waals surface area contributed by atoms with Crippen molar-refractivity contribution in [2.75, 3.05) is 27.3 Å². The van der Waals surface area contributed by atoms with Crippen molar-refractivity contribution in [3.63, 3.8) is 0 Å². The zero-order valence-electron chi connectivity index (χ0n) is 13.6. The van der Waals surface area contributed by atoms with Gasteiger partial charge in [-0.1, -0.05) is 40.9 Å². The monoisotopic (exact) mass is 399 g/mol. The third-order valence-electron chi connectivity index (χ3n) is 2.96. The zero-order valence-corrected chi connectivity index (χ0v) is 16.7. The number of likely N-dealkylation sites (N-methyl/N-ethyl adjacent to an activating group) is 1. The van der Waals surface area contributed by atoms with Gasteiger partial charge in [-0.15, -0.1) is 0 Å². The van der Waals surface area contributed by atoms with Crippen molar-refractivity contribution in [1.29, 1.82) is 0 Å². The van der Waals surface area contributed by atoms with Gasteiger partial charge >= 0.3 is 7.60 Å². The molecule has 0 amide bonds. The van der Waals surface area contributed by atoms with E-state index in [1.165, 1.54) is 0 Å². The fourth-order valence-corrected chi connectivity index (χ4v) is 4.56. The molecular weight excluding hydrogens is 380 g/mol. The molecule has 0 bridgehead atoms. The lowest BCUT2D eigenvalue weighted by Gasteiger charge is -2.29. The minimum absolute atomic E-state index is 0.278. The van der Waals surface area contributed by atoms with Crippen LogP contribution in [0.15, 0.2) is 24.3 Å². The second-order valence-electron chi connectivity index (χ2n) is 4.90. The zero-order chi connectivity index (χ0) is 17.6. The Labute approximate surface area is 152 Å². The molecule has 130 valence electrons. The second kappa shape index (κ2) is 9.43. The van der Waals surface area contributed by atoms with E-state index in [2.05, 4.69) is 0 Å². The van der Waals surface area contributed by atoms with Crippen molar-refractivity contribution in [3.05, 3.63) is 39.9 Å². The van der Waals surface area contributed by atoms with Gasteiger partial charge in [-0.05, 0) is 51.7 Å². The summed E-state index contributed by atoms with van der Waals surface area (Å²) in [5.74, 6) is -0.621. The predicted octanol–water partition coefficient (Wildman–Crippen LogP) is 5.73. The number of rotatable bonds is 8. The van der Waals surface area contributed by atoms with Crippen molar-refractivity contribution in [2.45, 2.75) is 19.6 Å². The van der Waals surface area contributed by atoms with Crippen LogP contribution >= 0.6 is 42.4 Å². The van der Waals surface area contributed by atoms with Gasteiger partial charge in [0.15, 0.2) is 0 Å². The fraction of sp³-hybridized carbons (Fsp3) is 0.467. The maximum atomic E-state index is 13.0. The molecule has 1 aromatic carbocycles. The van der Waals surface area contributed by atoms with Gasteiger partial charge in [0.25, 0.3) is 0 Å². The summed E-state index contributed by atoms with van der Waals surface area (Å²) in [6.07, 6.45) is 1.65. The molecule has 23 heavy (non-hydrogen) atoms. The highest BCUT2D eigenvalue weighted by molar-refractivity contribution is 7.54. The Hall–Kier alpha value is -0.0600. The molecule has 0 unspecified atom stereocenters. The molecule has 8 heteroatoms. The van der Waals surface area contributed by atoms with Gasteiger partial charge in [-0.25, -0.2) is 0 Å². The van der Waals surface area contributed by atoms with Crippen molar-refractivity contribution >= 4 is 47.4 Å². The average molecular weight is 401 g/mol. The van der Waals surface area contributed by atoms with E-state index in [1.807, 2.05) is 0 Å². The fourth-order valence-electron chi connectivity index (χ4n) is 1.94. The van der Waals surface area contributed by atoms with Crippen LogP contribution in [0.5, 0.6) is 0 Å². The predicted molar refractivity (Wildman–Crippen MR) is 98.6 cm³/mol. The average Bonchev–Trinajstić information content (AvgIpc) is 2.47. The summed E-state index contributed by atoms with van der Waals surface area (Å²) in [7, 11) is 0.190. The molecule has 4 nitrogen and oxygen atoms in total. The first-order valence-corrected chi connectivity index (χ1v) is 9.87. The summed E-state index contributed by atoms with van der Waals surface area (Å²) in [6.45, 7) is 4.09. The molecular formula is C15H21Cl3NO3P. The first-order valence-electron chi connectivity index (χ1n) is 7.13. The number of benzene rings is 1. The number of nitrogens with zero attached hydrogens (tertiary/aromatic N) is 1. The molecule has 0 fully saturated rings. The van der Waals surface area contributed by atoms with Gasteiger partial charge in [0.2, 0.25) is 0 Å². The standard InChI is InChI=1S/C15H21Cl3NO3P/c1-5-21-23(20,22-6-2)15(19(3)4)10-13(17)11-7-8-12(16)14(18)9-11/h7-10,15H,5-6H2,1-4H3/b13-10-/t15-/m1/s1. The van der Waals surface area contributed by atoms with Crippen LogP contribution in [-0.2, 0) is 13.6 Å². The van der Waals surface area contributed by atoms with Gasteiger partial charge in [0.05, 0.1) is 23.3 Å². The van der Waals surface area contributed by atoms with Crippen LogP contribution in [0.3, 0.4) is 0 Å². The van der Waals surface area contributed by atoms with E-state index in [0.29, 0.717) is 20.6 Å². The first kappa shape index (κ1) is 21.0. The molecule has 0 N–H and O–H groups in total. The maximum absolute atomic E-state index is 13.0. The van der Waals surface area contributed by atoms with Gasteiger partial charge < -0.3 is 9.05 Å². The minimum Gasteiger partial charge on any atom is -0.308 e. The smallest absolute Gasteiger partial charge is 0.308 e. The lowest BCUT2D eigenvalue weighted by molar-refractivity contribution is 0.196. The van der Waals surface area contributed by atoms with Crippen LogP contribution in [0.25, 0.3) is 5.03 Å².